The first-order valence-corrected chi connectivity index (χ1v) is 8.07. The van der Waals surface area contributed by atoms with Gasteiger partial charge in [-0.3, -0.25) is 0 Å². The van der Waals surface area contributed by atoms with Gasteiger partial charge in [-0.1, -0.05) is 26.7 Å². The molecule has 3 heteroatoms. The van der Waals surface area contributed by atoms with Gasteiger partial charge in [-0.15, -0.1) is 11.8 Å². The van der Waals surface area contributed by atoms with Crippen LogP contribution >= 0.6 is 11.8 Å². The van der Waals surface area contributed by atoms with Crippen LogP contribution < -0.4 is 0 Å². The fourth-order valence-electron chi connectivity index (χ4n) is 2.39. The molecule has 0 bridgehead atoms. The van der Waals surface area contributed by atoms with Gasteiger partial charge in [0, 0.05) is 12.3 Å². The van der Waals surface area contributed by atoms with Gasteiger partial charge in [0.2, 0.25) is 0 Å². The average Bonchev–Trinajstić information content (AvgIpc) is 2.67. The fraction of sp³-hybridized carbons (Fsp3) is 1.00. The molecule has 102 valence electrons. The van der Waals surface area contributed by atoms with Gasteiger partial charge in [-0.25, -0.2) is 0 Å². The van der Waals surface area contributed by atoms with E-state index in [4.69, 9.17) is 4.74 Å². The maximum atomic E-state index is 6.39. The van der Waals surface area contributed by atoms with E-state index < -0.39 is 0 Å². The summed E-state index contributed by atoms with van der Waals surface area (Å²) in [4.78, 5) is 2.38. The lowest BCUT2D eigenvalue weighted by atomic mass is 10.1. The second kappa shape index (κ2) is 7.65. The molecule has 0 aliphatic carbocycles. The molecule has 0 radical (unpaired) electrons. The Kier molecular flexibility index (Phi) is 6.90. The number of rotatable bonds is 8. The summed E-state index contributed by atoms with van der Waals surface area (Å²) < 4.78 is 6.39. The standard InChI is InChI=1S/C14H29NOS/c1-5-7-9-14(10-8-6-2)16-13(12-17-14)11-15(3)4/h13H,5-12H2,1-4H3/t13-/m1/s1. The van der Waals surface area contributed by atoms with Crippen molar-refractivity contribution < 1.29 is 4.74 Å². The zero-order valence-corrected chi connectivity index (χ0v) is 12.8. The summed E-state index contributed by atoms with van der Waals surface area (Å²) in [7, 11) is 4.26. The van der Waals surface area contributed by atoms with Crippen LogP contribution in [0.5, 0.6) is 0 Å². The summed E-state index contributed by atoms with van der Waals surface area (Å²) in [5.41, 5.74) is 0. The van der Waals surface area contributed by atoms with Gasteiger partial charge in [-0.2, -0.15) is 0 Å². The van der Waals surface area contributed by atoms with E-state index in [0.717, 1.165) is 6.54 Å². The van der Waals surface area contributed by atoms with Crippen molar-refractivity contribution in [1.82, 2.24) is 4.90 Å². The molecular formula is C14H29NOS. The van der Waals surface area contributed by atoms with Crippen LogP contribution in [0.3, 0.4) is 0 Å². The predicted octanol–water partition coefficient (Wildman–Crippen LogP) is 3.76. The molecule has 1 heterocycles. The maximum Gasteiger partial charge on any atom is 0.114 e. The van der Waals surface area contributed by atoms with Crippen LogP contribution in [0.4, 0.5) is 0 Å². The van der Waals surface area contributed by atoms with E-state index in [2.05, 4.69) is 44.6 Å². The lowest BCUT2D eigenvalue weighted by molar-refractivity contribution is -0.0279. The molecule has 0 amide bonds. The fourth-order valence-corrected chi connectivity index (χ4v) is 3.84. The van der Waals surface area contributed by atoms with Crippen molar-refractivity contribution in [3.05, 3.63) is 0 Å². The van der Waals surface area contributed by atoms with Crippen molar-refractivity contribution in [2.45, 2.75) is 63.4 Å². The molecule has 0 N–H and O–H groups in total. The molecule has 17 heavy (non-hydrogen) atoms. The van der Waals surface area contributed by atoms with Crippen LogP contribution in [0, 0.1) is 0 Å². The number of ether oxygens (including phenoxy) is 1. The van der Waals surface area contributed by atoms with E-state index >= 15 is 0 Å². The van der Waals surface area contributed by atoms with Gasteiger partial charge in [0.15, 0.2) is 0 Å². The molecule has 0 spiro atoms. The van der Waals surface area contributed by atoms with Crippen LogP contribution in [-0.2, 0) is 4.74 Å². The van der Waals surface area contributed by atoms with Gasteiger partial charge in [-0.05, 0) is 39.8 Å². The lowest BCUT2D eigenvalue weighted by Crippen LogP contribution is -2.32. The van der Waals surface area contributed by atoms with Gasteiger partial charge >= 0.3 is 0 Å². The van der Waals surface area contributed by atoms with E-state index in [-0.39, 0.29) is 4.93 Å². The Balaban J connectivity index is 2.47. The van der Waals surface area contributed by atoms with Crippen molar-refractivity contribution >= 4 is 11.8 Å². The molecule has 1 aliphatic rings. The summed E-state index contributed by atoms with van der Waals surface area (Å²) in [5, 5.41) is 0. The Labute approximate surface area is 111 Å². The molecule has 1 aliphatic heterocycles. The summed E-state index contributed by atoms with van der Waals surface area (Å²) in [6.45, 7) is 5.60. The monoisotopic (exact) mass is 259 g/mol. The van der Waals surface area contributed by atoms with Crippen LogP contribution in [0.25, 0.3) is 0 Å². The molecule has 0 aromatic heterocycles. The Bertz CT molecular complexity index is 200. The highest BCUT2D eigenvalue weighted by atomic mass is 32.2. The second-order valence-corrected chi connectivity index (χ2v) is 6.80. The predicted molar refractivity (Wildman–Crippen MR) is 77.7 cm³/mol. The zero-order chi connectivity index (χ0) is 12.7. The second-order valence-electron chi connectivity index (χ2n) is 5.43. The van der Waals surface area contributed by atoms with Crippen molar-refractivity contribution in [1.29, 1.82) is 0 Å². The van der Waals surface area contributed by atoms with Crippen LogP contribution in [0.1, 0.15) is 52.4 Å². The number of hydrogen-bond donors (Lipinski definition) is 0. The number of thioether (sulfide) groups is 1. The first-order valence-electron chi connectivity index (χ1n) is 7.08. The molecule has 1 fully saturated rings. The van der Waals surface area contributed by atoms with Crippen molar-refractivity contribution in [2.75, 3.05) is 26.4 Å². The Morgan fingerprint density at radius 1 is 1.18 bits per heavy atom. The van der Waals surface area contributed by atoms with Gasteiger partial charge in [0.1, 0.15) is 4.93 Å². The normalized spacial score (nSPS) is 23.5. The summed E-state index contributed by atoms with van der Waals surface area (Å²) >= 11 is 2.07. The van der Waals surface area contributed by atoms with Crippen LogP contribution in [0.2, 0.25) is 0 Å². The van der Waals surface area contributed by atoms with E-state index in [1.807, 2.05) is 0 Å². The van der Waals surface area contributed by atoms with Crippen molar-refractivity contribution in [3.8, 4) is 0 Å². The van der Waals surface area contributed by atoms with Crippen LogP contribution in [0.15, 0.2) is 0 Å². The molecule has 2 nitrogen and oxygen atoms in total. The van der Waals surface area contributed by atoms with Gasteiger partial charge < -0.3 is 9.64 Å². The first kappa shape index (κ1) is 15.3. The van der Waals surface area contributed by atoms with Gasteiger partial charge in [0.25, 0.3) is 0 Å². The van der Waals surface area contributed by atoms with E-state index in [9.17, 15) is 0 Å². The Morgan fingerprint density at radius 2 is 1.76 bits per heavy atom. The zero-order valence-electron chi connectivity index (χ0n) is 12.0. The highest BCUT2D eigenvalue weighted by Crippen LogP contribution is 2.44. The van der Waals surface area contributed by atoms with Crippen molar-refractivity contribution in [2.24, 2.45) is 0 Å². The van der Waals surface area contributed by atoms with E-state index in [1.54, 1.807) is 0 Å². The molecule has 0 saturated carbocycles. The highest BCUT2D eigenvalue weighted by molar-refractivity contribution is 8.00. The van der Waals surface area contributed by atoms with Gasteiger partial charge in [0.05, 0.1) is 6.10 Å². The molecule has 0 aromatic rings. The third-order valence-electron chi connectivity index (χ3n) is 3.30. The number of unbranched alkanes of at least 4 members (excludes halogenated alkanes) is 2. The topological polar surface area (TPSA) is 12.5 Å². The number of nitrogens with zero attached hydrogens (tertiary/aromatic N) is 1. The number of likely N-dealkylation sites (N-methyl/N-ethyl adjacent to an activating group) is 1. The first-order chi connectivity index (χ1) is 8.12. The number of hydrogen-bond acceptors (Lipinski definition) is 3. The Morgan fingerprint density at radius 3 is 2.24 bits per heavy atom. The molecule has 1 saturated heterocycles. The minimum atomic E-state index is 0.146. The summed E-state index contributed by atoms with van der Waals surface area (Å²) in [6, 6.07) is 0. The smallest absolute Gasteiger partial charge is 0.114 e. The lowest BCUT2D eigenvalue weighted by Gasteiger charge is -2.29. The molecular weight excluding hydrogens is 230 g/mol. The highest BCUT2D eigenvalue weighted by Gasteiger charge is 2.39. The minimum absolute atomic E-state index is 0.146. The van der Waals surface area contributed by atoms with Crippen LogP contribution in [-0.4, -0.2) is 42.3 Å². The molecule has 0 aromatic carbocycles. The van der Waals surface area contributed by atoms with E-state index in [0.29, 0.717) is 6.10 Å². The molecule has 1 atom stereocenters. The third kappa shape index (κ3) is 5.19. The minimum Gasteiger partial charge on any atom is -0.359 e. The summed E-state index contributed by atoms with van der Waals surface area (Å²) in [6.07, 6.45) is 8.04. The van der Waals surface area contributed by atoms with Crippen molar-refractivity contribution in [3.63, 3.8) is 0 Å². The average molecular weight is 259 g/mol. The SMILES string of the molecule is CCCCC1(CCCC)O[C@H](CN(C)C)CS1. The molecule has 1 rings (SSSR count). The van der Waals surface area contributed by atoms with E-state index in [1.165, 1.54) is 44.3 Å². The maximum absolute atomic E-state index is 6.39. The third-order valence-corrected chi connectivity index (χ3v) is 4.87. The Hall–Kier alpha value is 0.270. The largest absolute Gasteiger partial charge is 0.359 e. The quantitative estimate of drug-likeness (QED) is 0.658. The summed E-state index contributed by atoms with van der Waals surface area (Å²) in [5.74, 6) is 1.17. The molecule has 0 unspecified atom stereocenters.